The number of aryl methyl sites for hydroxylation is 1. The minimum Gasteiger partial charge on any atom is -0.489 e. The lowest BCUT2D eigenvalue weighted by Crippen LogP contribution is -2.28. The van der Waals surface area contributed by atoms with E-state index in [2.05, 4.69) is 70.9 Å². The van der Waals surface area contributed by atoms with Crippen LogP contribution >= 0.6 is 0 Å². The molecule has 0 spiro atoms. The molecule has 5 rings (SSSR count). The van der Waals surface area contributed by atoms with Crippen molar-refractivity contribution in [3.8, 4) is 5.75 Å². The summed E-state index contributed by atoms with van der Waals surface area (Å²) in [6.45, 7) is 2.75. The van der Waals surface area contributed by atoms with E-state index < -0.39 is 0 Å². The monoisotopic (exact) mass is 410 g/mol. The van der Waals surface area contributed by atoms with Crippen molar-refractivity contribution < 1.29 is 4.74 Å². The SMILES string of the molecule is CCc1ccc([C@@H]2C[C@H](c3ccc(OCc4ccccc4)cc3)n3ncnc3N2)cc1. The summed E-state index contributed by atoms with van der Waals surface area (Å²) in [7, 11) is 0. The van der Waals surface area contributed by atoms with Crippen molar-refractivity contribution in [1.29, 1.82) is 0 Å². The van der Waals surface area contributed by atoms with Gasteiger partial charge in [0, 0.05) is 0 Å². The Kier molecular flexibility index (Phi) is 5.40. The second-order valence-electron chi connectivity index (χ2n) is 7.92. The molecule has 0 unspecified atom stereocenters. The Bertz CT molecular complexity index is 1120. The van der Waals surface area contributed by atoms with Crippen LogP contribution in [0.1, 0.15) is 47.7 Å². The molecule has 2 atom stereocenters. The average Bonchev–Trinajstić information content (AvgIpc) is 3.32. The van der Waals surface area contributed by atoms with Crippen LogP contribution in [0.15, 0.2) is 85.2 Å². The summed E-state index contributed by atoms with van der Waals surface area (Å²) in [5, 5.41) is 8.03. The molecule has 1 N–H and O–H groups in total. The largest absolute Gasteiger partial charge is 0.489 e. The minimum absolute atomic E-state index is 0.123. The number of nitrogens with zero attached hydrogens (tertiary/aromatic N) is 3. The predicted molar refractivity (Wildman–Crippen MR) is 122 cm³/mol. The molecule has 0 fully saturated rings. The fourth-order valence-corrected chi connectivity index (χ4v) is 4.13. The molecule has 5 heteroatoms. The first-order valence-electron chi connectivity index (χ1n) is 10.8. The Labute approximate surface area is 182 Å². The Morgan fingerprint density at radius 3 is 2.39 bits per heavy atom. The van der Waals surface area contributed by atoms with Gasteiger partial charge in [-0.25, -0.2) is 4.68 Å². The van der Waals surface area contributed by atoms with Crippen molar-refractivity contribution in [1.82, 2.24) is 14.8 Å². The Balaban J connectivity index is 1.34. The molecule has 1 aromatic heterocycles. The highest BCUT2D eigenvalue weighted by molar-refractivity contribution is 5.40. The molecule has 1 aliphatic rings. The van der Waals surface area contributed by atoms with E-state index in [0.717, 1.165) is 30.1 Å². The first-order valence-corrected chi connectivity index (χ1v) is 10.8. The highest BCUT2D eigenvalue weighted by Gasteiger charge is 2.29. The molecule has 2 heterocycles. The van der Waals surface area contributed by atoms with Gasteiger partial charge in [0.1, 0.15) is 18.7 Å². The highest BCUT2D eigenvalue weighted by atomic mass is 16.5. The van der Waals surface area contributed by atoms with Crippen molar-refractivity contribution in [3.05, 3.63) is 107 Å². The summed E-state index contributed by atoms with van der Waals surface area (Å²) >= 11 is 0. The van der Waals surface area contributed by atoms with Gasteiger partial charge < -0.3 is 10.1 Å². The first kappa shape index (κ1) is 19.4. The summed E-state index contributed by atoms with van der Waals surface area (Å²) in [6, 6.07) is 27.8. The number of aromatic nitrogens is 3. The molecular formula is C26H26N4O. The molecule has 156 valence electrons. The minimum atomic E-state index is 0.123. The van der Waals surface area contributed by atoms with Gasteiger partial charge in [-0.05, 0) is 47.2 Å². The van der Waals surface area contributed by atoms with E-state index in [0.29, 0.717) is 6.61 Å². The van der Waals surface area contributed by atoms with E-state index in [-0.39, 0.29) is 12.1 Å². The van der Waals surface area contributed by atoms with Crippen LogP contribution in [0.3, 0.4) is 0 Å². The second-order valence-corrected chi connectivity index (χ2v) is 7.92. The Morgan fingerprint density at radius 2 is 1.65 bits per heavy atom. The third-order valence-electron chi connectivity index (χ3n) is 5.93. The maximum absolute atomic E-state index is 5.95. The molecule has 3 aromatic carbocycles. The van der Waals surface area contributed by atoms with E-state index in [1.54, 1.807) is 6.33 Å². The van der Waals surface area contributed by atoms with Gasteiger partial charge in [0.15, 0.2) is 0 Å². The first-order chi connectivity index (χ1) is 15.3. The summed E-state index contributed by atoms with van der Waals surface area (Å²) in [6.07, 6.45) is 3.58. The number of hydrogen-bond acceptors (Lipinski definition) is 4. The maximum atomic E-state index is 5.95. The lowest BCUT2D eigenvalue weighted by Gasteiger charge is -2.32. The molecule has 31 heavy (non-hydrogen) atoms. The number of nitrogens with one attached hydrogen (secondary N) is 1. The molecule has 5 nitrogen and oxygen atoms in total. The van der Waals surface area contributed by atoms with Gasteiger partial charge in [-0.3, -0.25) is 0 Å². The Morgan fingerprint density at radius 1 is 0.903 bits per heavy atom. The molecule has 0 bridgehead atoms. The molecule has 0 aliphatic carbocycles. The topological polar surface area (TPSA) is 52.0 Å². The van der Waals surface area contributed by atoms with Gasteiger partial charge in [0.25, 0.3) is 0 Å². The van der Waals surface area contributed by atoms with Crippen LogP contribution in [0.4, 0.5) is 5.95 Å². The predicted octanol–water partition coefficient (Wildman–Crippen LogP) is 5.57. The molecule has 4 aromatic rings. The van der Waals surface area contributed by atoms with E-state index in [1.165, 1.54) is 16.7 Å². The smallest absolute Gasteiger partial charge is 0.222 e. The van der Waals surface area contributed by atoms with E-state index in [4.69, 9.17) is 4.74 Å². The zero-order chi connectivity index (χ0) is 21.0. The quantitative estimate of drug-likeness (QED) is 0.452. The number of fused-ring (bicyclic) bond motifs is 1. The molecule has 0 amide bonds. The van der Waals surface area contributed by atoms with Crippen molar-refractivity contribution >= 4 is 5.95 Å². The number of rotatable bonds is 6. The highest BCUT2D eigenvalue weighted by Crippen LogP contribution is 2.37. The molecule has 0 saturated carbocycles. The third-order valence-corrected chi connectivity index (χ3v) is 5.93. The van der Waals surface area contributed by atoms with E-state index >= 15 is 0 Å². The lowest BCUT2D eigenvalue weighted by molar-refractivity contribution is 0.306. The van der Waals surface area contributed by atoms with Crippen molar-refractivity contribution in [2.24, 2.45) is 0 Å². The normalized spacial score (nSPS) is 17.6. The third kappa shape index (κ3) is 4.17. The van der Waals surface area contributed by atoms with Crippen LogP contribution in [0.2, 0.25) is 0 Å². The van der Waals surface area contributed by atoms with E-state index in [1.807, 2.05) is 35.0 Å². The Hall–Kier alpha value is -3.60. The standard InChI is InChI=1S/C26H26N4O/c1-2-19-8-10-21(11-9-19)24-16-25(30-26(29-24)27-18-28-30)22-12-14-23(15-13-22)31-17-20-6-4-3-5-7-20/h3-15,18,24-25H,2,16-17H2,1H3,(H,27,28,29)/t24-,25+/m0/s1. The van der Waals surface area contributed by atoms with Crippen LogP contribution in [-0.2, 0) is 13.0 Å². The van der Waals surface area contributed by atoms with Gasteiger partial charge in [-0.15, -0.1) is 0 Å². The van der Waals surface area contributed by atoms with Gasteiger partial charge in [-0.1, -0.05) is 73.7 Å². The summed E-state index contributed by atoms with van der Waals surface area (Å²) in [5.41, 5.74) is 4.99. The summed E-state index contributed by atoms with van der Waals surface area (Å²) in [5.74, 6) is 1.68. The van der Waals surface area contributed by atoms with Crippen LogP contribution in [0.25, 0.3) is 0 Å². The summed E-state index contributed by atoms with van der Waals surface area (Å²) < 4.78 is 7.94. The molecule has 0 saturated heterocycles. The number of hydrogen-bond donors (Lipinski definition) is 1. The van der Waals surface area contributed by atoms with Gasteiger partial charge in [-0.2, -0.15) is 10.1 Å². The zero-order valence-corrected chi connectivity index (χ0v) is 17.6. The summed E-state index contributed by atoms with van der Waals surface area (Å²) in [4.78, 5) is 4.44. The van der Waals surface area contributed by atoms with Crippen LogP contribution in [0, 0.1) is 0 Å². The van der Waals surface area contributed by atoms with Crippen LogP contribution in [-0.4, -0.2) is 14.8 Å². The van der Waals surface area contributed by atoms with Gasteiger partial charge in [0.2, 0.25) is 5.95 Å². The zero-order valence-electron chi connectivity index (χ0n) is 17.6. The van der Waals surface area contributed by atoms with Crippen molar-refractivity contribution in [2.45, 2.75) is 38.5 Å². The molecular weight excluding hydrogens is 384 g/mol. The lowest BCUT2D eigenvalue weighted by atomic mass is 9.93. The molecule has 0 radical (unpaired) electrons. The fraction of sp³-hybridized carbons (Fsp3) is 0.231. The van der Waals surface area contributed by atoms with Crippen LogP contribution in [0.5, 0.6) is 5.75 Å². The van der Waals surface area contributed by atoms with Crippen molar-refractivity contribution in [2.75, 3.05) is 5.32 Å². The average molecular weight is 411 g/mol. The maximum Gasteiger partial charge on any atom is 0.222 e. The second kappa shape index (κ2) is 8.64. The number of anilines is 1. The fourth-order valence-electron chi connectivity index (χ4n) is 4.13. The number of benzene rings is 3. The molecule has 1 aliphatic heterocycles. The van der Waals surface area contributed by atoms with Crippen molar-refractivity contribution in [3.63, 3.8) is 0 Å². The van der Waals surface area contributed by atoms with Crippen LogP contribution < -0.4 is 10.1 Å². The van der Waals surface area contributed by atoms with Gasteiger partial charge >= 0.3 is 0 Å². The number of ether oxygens (including phenoxy) is 1. The van der Waals surface area contributed by atoms with Gasteiger partial charge in [0.05, 0.1) is 12.1 Å². The van der Waals surface area contributed by atoms with E-state index in [9.17, 15) is 0 Å².